The van der Waals surface area contributed by atoms with Crippen LogP contribution in [0.1, 0.15) is 16.3 Å². The Kier molecular flexibility index (Phi) is 5.81. The summed E-state index contributed by atoms with van der Waals surface area (Å²) in [6.45, 7) is 0.112. The first-order valence-corrected chi connectivity index (χ1v) is 8.45. The quantitative estimate of drug-likeness (QED) is 0.454. The van der Waals surface area contributed by atoms with Gasteiger partial charge in [0.2, 0.25) is 0 Å². The van der Waals surface area contributed by atoms with E-state index >= 15 is 0 Å². The summed E-state index contributed by atoms with van der Waals surface area (Å²) in [5.74, 6) is 1.12. The van der Waals surface area contributed by atoms with Crippen molar-refractivity contribution >= 4 is 28.9 Å². The fourth-order valence-corrected chi connectivity index (χ4v) is 2.52. The molecule has 144 valence electrons. The fraction of sp³-hybridized carbons (Fsp3) is 0.105. The number of halogens is 1. The SMILES string of the molecule is COc1ccc(OCc2ccc(C(=O)Nc3ccc(Cl)cc3[N+](=O)[O-])o2)cc1. The number of methoxy groups -OCH3 is 1. The molecule has 0 aliphatic carbocycles. The van der Waals surface area contributed by atoms with E-state index in [0.29, 0.717) is 17.3 Å². The van der Waals surface area contributed by atoms with Crippen LogP contribution in [0.15, 0.2) is 59.0 Å². The third kappa shape index (κ3) is 4.60. The number of hydrogen-bond acceptors (Lipinski definition) is 6. The van der Waals surface area contributed by atoms with Crippen LogP contribution in [0, 0.1) is 10.1 Å². The molecule has 1 amide bonds. The molecular formula is C19H15ClN2O6. The van der Waals surface area contributed by atoms with Gasteiger partial charge in [-0.1, -0.05) is 11.6 Å². The van der Waals surface area contributed by atoms with Crippen LogP contribution in [0.3, 0.4) is 0 Å². The fourth-order valence-electron chi connectivity index (χ4n) is 2.35. The van der Waals surface area contributed by atoms with Crippen molar-refractivity contribution in [2.75, 3.05) is 12.4 Å². The molecule has 8 nitrogen and oxygen atoms in total. The summed E-state index contributed by atoms with van der Waals surface area (Å²) < 4.78 is 16.1. The van der Waals surface area contributed by atoms with Crippen LogP contribution in [0.5, 0.6) is 11.5 Å². The lowest BCUT2D eigenvalue weighted by molar-refractivity contribution is -0.383. The Morgan fingerprint density at radius 3 is 2.54 bits per heavy atom. The number of nitrogens with one attached hydrogen (secondary N) is 1. The molecule has 0 fully saturated rings. The van der Waals surface area contributed by atoms with Crippen molar-refractivity contribution in [3.63, 3.8) is 0 Å². The van der Waals surface area contributed by atoms with E-state index in [-0.39, 0.29) is 28.8 Å². The Labute approximate surface area is 164 Å². The van der Waals surface area contributed by atoms with Crippen molar-refractivity contribution in [3.05, 3.63) is 81.3 Å². The van der Waals surface area contributed by atoms with Crippen molar-refractivity contribution in [2.45, 2.75) is 6.61 Å². The summed E-state index contributed by atoms with van der Waals surface area (Å²) in [4.78, 5) is 22.8. The molecule has 0 saturated carbocycles. The van der Waals surface area contributed by atoms with Gasteiger partial charge in [0.25, 0.3) is 11.6 Å². The van der Waals surface area contributed by atoms with Crippen LogP contribution in [0.4, 0.5) is 11.4 Å². The second-order valence-electron chi connectivity index (χ2n) is 5.60. The van der Waals surface area contributed by atoms with Gasteiger partial charge >= 0.3 is 0 Å². The van der Waals surface area contributed by atoms with Gasteiger partial charge in [0.05, 0.1) is 12.0 Å². The molecule has 9 heteroatoms. The Bertz CT molecular complexity index is 1000. The first-order valence-electron chi connectivity index (χ1n) is 8.07. The van der Waals surface area contributed by atoms with Gasteiger partial charge in [-0.2, -0.15) is 0 Å². The number of benzene rings is 2. The highest BCUT2D eigenvalue weighted by Crippen LogP contribution is 2.28. The van der Waals surface area contributed by atoms with E-state index in [0.717, 1.165) is 6.07 Å². The molecule has 1 aromatic heterocycles. The third-order valence-corrected chi connectivity index (χ3v) is 3.97. The van der Waals surface area contributed by atoms with Crippen LogP contribution < -0.4 is 14.8 Å². The zero-order chi connectivity index (χ0) is 20.1. The van der Waals surface area contributed by atoms with E-state index in [1.807, 2.05) is 0 Å². The molecule has 0 spiro atoms. The van der Waals surface area contributed by atoms with Gasteiger partial charge in [0.1, 0.15) is 29.6 Å². The lowest BCUT2D eigenvalue weighted by atomic mass is 10.2. The van der Waals surface area contributed by atoms with Crippen LogP contribution in [-0.4, -0.2) is 17.9 Å². The molecule has 3 rings (SSSR count). The second kappa shape index (κ2) is 8.45. The topological polar surface area (TPSA) is 104 Å². The highest BCUT2D eigenvalue weighted by atomic mass is 35.5. The molecule has 1 N–H and O–H groups in total. The molecule has 0 aliphatic rings. The second-order valence-corrected chi connectivity index (χ2v) is 6.04. The van der Waals surface area contributed by atoms with Crippen LogP contribution in [-0.2, 0) is 6.61 Å². The van der Waals surface area contributed by atoms with Crippen molar-refractivity contribution in [1.82, 2.24) is 0 Å². The van der Waals surface area contributed by atoms with Crippen molar-refractivity contribution in [2.24, 2.45) is 0 Å². The monoisotopic (exact) mass is 402 g/mol. The van der Waals surface area contributed by atoms with Crippen LogP contribution >= 0.6 is 11.6 Å². The maximum atomic E-state index is 12.3. The minimum atomic E-state index is -0.627. The normalized spacial score (nSPS) is 10.4. The molecule has 0 radical (unpaired) electrons. The molecule has 1 heterocycles. The van der Waals surface area contributed by atoms with E-state index in [9.17, 15) is 14.9 Å². The number of nitro benzene ring substituents is 1. The van der Waals surface area contributed by atoms with E-state index in [1.165, 1.54) is 18.2 Å². The minimum absolute atomic E-state index is 0.00224. The maximum Gasteiger partial charge on any atom is 0.294 e. The summed E-state index contributed by atoms with van der Waals surface area (Å²) >= 11 is 5.76. The highest BCUT2D eigenvalue weighted by Gasteiger charge is 2.19. The minimum Gasteiger partial charge on any atom is -0.497 e. The molecule has 28 heavy (non-hydrogen) atoms. The number of ether oxygens (including phenoxy) is 2. The van der Waals surface area contributed by atoms with Gasteiger partial charge in [0.15, 0.2) is 5.76 Å². The van der Waals surface area contributed by atoms with E-state index < -0.39 is 10.8 Å². The zero-order valence-corrected chi connectivity index (χ0v) is 15.4. The number of amides is 1. The molecule has 3 aromatic rings. The summed E-state index contributed by atoms with van der Waals surface area (Å²) in [6.07, 6.45) is 0. The zero-order valence-electron chi connectivity index (χ0n) is 14.7. The first-order chi connectivity index (χ1) is 13.5. The number of nitrogens with zero attached hydrogens (tertiary/aromatic N) is 1. The summed E-state index contributed by atoms with van der Waals surface area (Å²) in [5.41, 5.74) is -0.290. The predicted octanol–water partition coefficient (Wildman–Crippen LogP) is 4.68. The molecular weight excluding hydrogens is 388 g/mol. The number of anilines is 1. The number of carbonyl (C=O) groups is 1. The number of hydrogen-bond donors (Lipinski definition) is 1. The number of rotatable bonds is 7. The highest BCUT2D eigenvalue weighted by molar-refractivity contribution is 6.31. The van der Waals surface area contributed by atoms with Gasteiger partial charge in [0, 0.05) is 11.1 Å². The van der Waals surface area contributed by atoms with Crippen LogP contribution in [0.25, 0.3) is 0 Å². The molecule has 0 atom stereocenters. The van der Waals surface area contributed by atoms with Crippen molar-refractivity contribution < 1.29 is 23.6 Å². The largest absolute Gasteiger partial charge is 0.497 e. The lowest BCUT2D eigenvalue weighted by Gasteiger charge is -2.06. The Hall–Kier alpha value is -3.52. The Balaban J connectivity index is 1.64. The summed E-state index contributed by atoms with van der Waals surface area (Å²) in [7, 11) is 1.57. The predicted molar refractivity (Wildman–Crippen MR) is 102 cm³/mol. The van der Waals surface area contributed by atoms with E-state index in [1.54, 1.807) is 37.4 Å². The summed E-state index contributed by atoms with van der Waals surface area (Å²) in [5, 5.41) is 13.7. The van der Waals surface area contributed by atoms with Gasteiger partial charge in [-0.05, 0) is 48.5 Å². The Morgan fingerprint density at radius 2 is 1.86 bits per heavy atom. The third-order valence-electron chi connectivity index (χ3n) is 3.73. The first kappa shape index (κ1) is 19.2. The van der Waals surface area contributed by atoms with Gasteiger partial charge in [-0.15, -0.1) is 0 Å². The average Bonchev–Trinajstić information content (AvgIpc) is 3.17. The Morgan fingerprint density at radius 1 is 1.14 bits per heavy atom. The number of furan rings is 1. The van der Waals surface area contributed by atoms with Gasteiger partial charge in [-0.3, -0.25) is 14.9 Å². The number of carbonyl (C=O) groups excluding carboxylic acids is 1. The van der Waals surface area contributed by atoms with Crippen molar-refractivity contribution in [3.8, 4) is 11.5 Å². The lowest BCUT2D eigenvalue weighted by Crippen LogP contribution is -2.12. The van der Waals surface area contributed by atoms with E-state index in [2.05, 4.69) is 5.32 Å². The van der Waals surface area contributed by atoms with Crippen LogP contribution in [0.2, 0.25) is 5.02 Å². The maximum absolute atomic E-state index is 12.3. The standard InChI is InChI=1S/C19H15ClN2O6/c1-26-13-3-5-14(6-4-13)27-11-15-7-9-18(28-15)19(23)21-16-8-2-12(20)10-17(16)22(24)25/h2-10H,11H2,1H3,(H,21,23). The number of nitro groups is 1. The van der Waals surface area contributed by atoms with E-state index in [4.69, 9.17) is 25.5 Å². The average molecular weight is 403 g/mol. The van der Waals surface area contributed by atoms with Crippen molar-refractivity contribution in [1.29, 1.82) is 0 Å². The molecule has 2 aromatic carbocycles. The molecule has 0 aliphatic heterocycles. The summed E-state index contributed by atoms with van der Waals surface area (Å²) in [6, 6.07) is 14.0. The molecule has 0 bridgehead atoms. The van der Waals surface area contributed by atoms with Gasteiger partial charge < -0.3 is 19.2 Å². The molecule has 0 saturated heterocycles. The molecule has 0 unspecified atom stereocenters. The smallest absolute Gasteiger partial charge is 0.294 e. The van der Waals surface area contributed by atoms with Gasteiger partial charge in [-0.25, -0.2) is 0 Å².